The van der Waals surface area contributed by atoms with Gasteiger partial charge in [0.25, 0.3) is 0 Å². The minimum absolute atomic E-state index is 0.0628. The van der Waals surface area contributed by atoms with E-state index in [9.17, 15) is 13.5 Å². The van der Waals surface area contributed by atoms with Crippen molar-refractivity contribution in [2.45, 2.75) is 56.6 Å². The smallest absolute Gasteiger partial charge is 0.178 e. The zero-order chi connectivity index (χ0) is 15.3. The maximum atomic E-state index is 12.1. The standard InChI is InChI=1S/C15H25NO3S/c1-4-8-20(18,19)14-7-5-6-13(10-14)11(2)9-15(17)12(3)16/h5-7,10-12,15,17H,4,8-9,16H2,1-3H3. The molecule has 3 atom stereocenters. The van der Waals surface area contributed by atoms with E-state index in [0.717, 1.165) is 5.56 Å². The lowest BCUT2D eigenvalue weighted by atomic mass is 9.93. The predicted molar refractivity (Wildman–Crippen MR) is 81.5 cm³/mol. The van der Waals surface area contributed by atoms with Gasteiger partial charge < -0.3 is 10.8 Å². The van der Waals surface area contributed by atoms with Crippen molar-refractivity contribution in [2.75, 3.05) is 5.75 Å². The highest BCUT2D eigenvalue weighted by Gasteiger charge is 2.18. The molecule has 0 bridgehead atoms. The summed E-state index contributed by atoms with van der Waals surface area (Å²) in [6.07, 6.45) is 0.543. The Morgan fingerprint density at radius 3 is 2.50 bits per heavy atom. The maximum Gasteiger partial charge on any atom is 0.178 e. The van der Waals surface area contributed by atoms with Gasteiger partial charge in [-0.3, -0.25) is 0 Å². The van der Waals surface area contributed by atoms with Crippen LogP contribution in [-0.2, 0) is 9.84 Å². The first-order valence-corrected chi connectivity index (χ1v) is 8.69. The van der Waals surface area contributed by atoms with E-state index < -0.39 is 15.9 Å². The van der Waals surface area contributed by atoms with Crippen molar-refractivity contribution in [2.24, 2.45) is 5.73 Å². The van der Waals surface area contributed by atoms with E-state index in [1.54, 1.807) is 25.1 Å². The van der Waals surface area contributed by atoms with Gasteiger partial charge in [0.05, 0.1) is 16.8 Å². The highest BCUT2D eigenvalue weighted by atomic mass is 32.2. The van der Waals surface area contributed by atoms with E-state index in [4.69, 9.17) is 5.73 Å². The molecule has 0 fully saturated rings. The Morgan fingerprint density at radius 1 is 1.30 bits per heavy atom. The van der Waals surface area contributed by atoms with Gasteiger partial charge >= 0.3 is 0 Å². The maximum absolute atomic E-state index is 12.1. The number of hydrogen-bond acceptors (Lipinski definition) is 4. The summed E-state index contributed by atoms with van der Waals surface area (Å²) in [5, 5.41) is 9.83. The van der Waals surface area contributed by atoms with Gasteiger partial charge in [0.15, 0.2) is 9.84 Å². The molecular weight excluding hydrogens is 274 g/mol. The third-order valence-electron chi connectivity index (χ3n) is 3.46. The predicted octanol–water partition coefficient (Wildman–Crippen LogP) is 2.07. The third kappa shape index (κ3) is 4.58. The first kappa shape index (κ1) is 17.1. The van der Waals surface area contributed by atoms with Crippen LogP contribution in [0.15, 0.2) is 29.2 Å². The second-order valence-electron chi connectivity index (χ2n) is 5.45. The number of aliphatic hydroxyl groups excluding tert-OH is 1. The molecule has 0 spiro atoms. The molecule has 3 unspecified atom stereocenters. The van der Waals surface area contributed by atoms with Crippen LogP contribution < -0.4 is 5.73 Å². The van der Waals surface area contributed by atoms with Gasteiger partial charge in [-0.05, 0) is 43.4 Å². The summed E-state index contributed by atoms with van der Waals surface area (Å²) < 4.78 is 24.1. The van der Waals surface area contributed by atoms with Crippen LogP contribution in [0.4, 0.5) is 0 Å². The normalized spacial score (nSPS) is 16.6. The topological polar surface area (TPSA) is 80.4 Å². The molecule has 0 saturated heterocycles. The summed E-state index contributed by atoms with van der Waals surface area (Å²) in [6.45, 7) is 5.58. The summed E-state index contributed by atoms with van der Waals surface area (Å²) in [7, 11) is -3.20. The van der Waals surface area contributed by atoms with Crippen LogP contribution in [0.2, 0.25) is 0 Å². The Balaban J connectivity index is 2.93. The van der Waals surface area contributed by atoms with Crippen LogP contribution in [0.1, 0.15) is 45.1 Å². The second kappa shape index (κ2) is 7.20. The molecule has 3 N–H and O–H groups in total. The third-order valence-corrected chi connectivity index (χ3v) is 5.38. The zero-order valence-electron chi connectivity index (χ0n) is 12.4. The second-order valence-corrected chi connectivity index (χ2v) is 7.56. The molecule has 0 aromatic heterocycles. The van der Waals surface area contributed by atoms with Crippen molar-refractivity contribution in [1.82, 2.24) is 0 Å². The molecule has 20 heavy (non-hydrogen) atoms. The molecule has 0 radical (unpaired) electrons. The fourth-order valence-electron chi connectivity index (χ4n) is 2.11. The SMILES string of the molecule is CCCS(=O)(=O)c1cccc(C(C)CC(O)C(C)N)c1. The lowest BCUT2D eigenvalue weighted by molar-refractivity contribution is 0.134. The molecule has 1 rings (SSSR count). The summed E-state index contributed by atoms with van der Waals surface area (Å²) >= 11 is 0. The van der Waals surface area contributed by atoms with Crippen molar-refractivity contribution in [3.8, 4) is 0 Å². The van der Waals surface area contributed by atoms with Crippen molar-refractivity contribution >= 4 is 9.84 Å². The van der Waals surface area contributed by atoms with E-state index in [0.29, 0.717) is 17.7 Å². The fraction of sp³-hybridized carbons (Fsp3) is 0.600. The van der Waals surface area contributed by atoms with Crippen molar-refractivity contribution in [3.63, 3.8) is 0 Å². The molecule has 0 amide bonds. The number of rotatable bonds is 7. The number of hydrogen-bond donors (Lipinski definition) is 2. The molecule has 0 saturated carbocycles. The Labute approximate surface area is 121 Å². The number of sulfone groups is 1. The summed E-state index contributed by atoms with van der Waals surface area (Å²) in [6, 6.07) is 6.70. The quantitative estimate of drug-likeness (QED) is 0.807. The average Bonchev–Trinajstić information content (AvgIpc) is 2.38. The van der Waals surface area contributed by atoms with Crippen LogP contribution in [0.5, 0.6) is 0 Å². The monoisotopic (exact) mass is 299 g/mol. The van der Waals surface area contributed by atoms with E-state index >= 15 is 0 Å². The molecule has 0 aliphatic heterocycles. The lowest BCUT2D eigenvalue weighted by Gasteiger charge is -2.20. The van der Waals surface area contributed by atoms with Crippen LogP contribution >= 0.6 is 0 Å². The lowest BCUT2D eigenvalue weighted by Crippen LogP contribution is -2.32. The van der Waals surface area contributed by atoms with Crippen LogP contribution in [0.3, 0.4) is 0 Å². The van der Waals surface area contributed by atoms with E-state index in [2.05, 4.69) is 0 Å². The van der Waals surface area contributed by atoms with Gasteiger partial charge in [-0.1, -0.05) is 26.0 Å². The zero-order valence-corrected chi connectivity index (χ0v) is 13.2. The fourth-order valence-corrected chi connectivity index (χ4v) is 3.49. The summed E-state index contributed by atoms with van der Waals surface area (Å²) in [4.78, 5) is 0.360. The van der Waals surface area contributed by atoms with E-state index in [-0.39, 0.29) is 17.7 Å². The molecule has 0 aliphatic rings. The average molecular weight is 299 g/mol. The van der Waals surface area contributed by atoms with E-state index in [1.165, 1.54) is 0 Å². The Bertz CT molecular complexity index is 526. The molecule has 114 valence electrons. The minimum Gasteiger partial charge on any atom is -0.392 e. The Hall–Kier alpha value is -0.910. The molecule has 0 heterocycles. The number of nitrogens with two attached hydrogens (primary N) is 1. The van der Waals surface area contributed by atoms with Gasteiger partial charge in [-0.25, -0.2) is 8.42 Å². The first-order chi connectivity index (χ1) is 9.27. The van der Waals surface area contributed by atoms with Gasteiger partial charge in [0, 0.05) is 6.04 Å². The highest BCUT2D eigenvalue weighted by Crippen LogP contribution is 2.24. The van der Waals surface area contributed by atoms with E-state index in [1.807, 2.05) is 19.9 Å². The minimum atomic E-state index is -3.20. The molecule has 1 aromatic carbocycles. The van der Waals surface area contributed by atoms with Crippen LogP contribution in [-0.4, -0.2) is 31.4 Å². The van der Waals surface area contributed by atoms with Gasteiger partial charge in [0.1, 0.15) is 0 Å². The largest absolute Gasteiger partial charge is 0.392 e. The molecule has 0 aliphatic carbocycles. The summed E-state index contributed by atoms with van der Waals surface area (Å²) in [5.74, 6) is 0.223. The molecule has 1 aromatic rings. The van der Waals surface area contributed by atoms with Gasteiger partial charge in [0.2, 0.25) is 0 Å². The van der Waals surface area contributed by atoms with Crippen molar-refractivity contribution in [1.29, 1.82) is 0 Å². The Kier molecular flexibility index (Phi) is 6.17. The number of aliphatic hydroxyl groups is 1. The van der Waals surface area contributed by atoms with Gasteiger partial charge in [-0.15, -0.1) is 0 Å². The van der Waals surface area contributed by atoms with Crippen molar-refractivity contribution < 1.29 is 13.5 Å². The first-order valence-electron chi connectivity index (χ1n) is 7.04. The van der Waals surface area contributed by atoms with Crippen LogP contribution in [0, 0.1) is 0 Å². The van der Waals surface area contributed by atoms with Crippen LogP contribution in [0.25, 0.3) is 0 Å². The summed E-state index contributed by atoms with van der Waals surface area (Å²) in [5.41, 5.74) is 6.57. The molecule has 4 nitrogen and oxygen atoms in total. The molecular formula is C15H25NO3S. The highest BCUT2D eigenvalue weighted by molar-refractivity contribution is 7.91. The van der Waals surface area contributed by atoms with Gasteiger partial charge in [-0.2, -0.15) is 0 Å². The number of benzene rings is 1. The Morgan fingerprint density at radius 2 is 1.95 bits per heavy atom. The molecule has 5 heteroatoms. The van der Waals surface area contributed by atoms with Crippen molar-refractivity contribution in [3.05, 3.63) is 29.8 Å².